The quantitative estimate of drug-likeness (QED) is 0.311. The molecule has 0 bridgehead atoms. The first-order chi connectivity index (χ1) is 16.8. The van der Waals surface area contributed by atoms with Gasteiger partial charge in [0.2, 0.25) is 0 Å². The molecular weight excluding hydrogens is 468 g/mol. The highest BCUT2D eigenvalue weighted by atomic mass is 35.5. The lowest BCUT2D eigenvalue weighted by atomic mass is 9.70. The lowest BCUT2D eigenvalue weighted by Crippen LogP contribution is -2.52. The number of nitrogens with one attached hydrogen (secondary N) is 1. The molecule has 3 nitrogen and oxygen atoms in total. The number of halogens is 3. The van der Waals surface area contributed by atoms with Gasteiger partial charge in [-0.3, -0.25) is 4.79 Å². The molecule has 2 N–H and O–H groups in total. The van der Waals surface area contributed by atoms with Crippen molar-refractivity contribution >= 4 is 24.0 Å². The minimum absolute atomic E-state index is 0.262. The SMILES string of the molecule is Cc1cccc(/C=C(\C=O)C(c2cccc(Cl)c2)C2(O)CCNC(Cc3ccc(F)cc3F)C2)c1. The zero-order valence-corrected chi connectivity index (χ0v) is 20.2. The fourth-order valence-electron chi connectivity index (χ4n) is 5.09. The highest BCUT2D eigenvalue weighted by Gasteiger charge is 2.43. The van der Waals surface area contributed by atoms with Crippen molar-refractivity contribution in [1.29, 1.82) is 0 Å². The third kappa shape index (κ3) is 6.04. The molecule has 3 atom stereocenters. The molecule has 1 aliphatic rings. The van der Waals surface area contributed by atoms with Crippen molar-refractivity contribution in [2.24, 2.45) is 0 Å². The Morgan fingerprint density at radius 2 is 1.97 bits per heavy atom. The molecule has 0 saturated carbocycles. The Hall–Kier alpha value is -2.86. The van der Waals surface area contributed by atoms with Crippen molar-refractivity contribution in [3.8, 4) is 0 Å². The van der Waals surface area contributed by atoms with Gasteiger partial charge in [-0.05, 0) is 73.7 Å². The zero-order valence-electron chi connectivity index (χ0n) is 19.5. The maximum Gasteiger partial charge on any atom is 0.146 e. The summed E-state index contributed by atoms with van der Waals surface area (Å²) >= 11 is 6.29. The summed E-state index contributed by atoms with van der Waals surface area (Å²) in [5.74, 6) is -1.88. The average Bonchev–Trinajstić information content (AvgIpc) is 2.80. The Balaban J connectivity index is 1.72. The van der Waals surface area contributed by atoms with Gasteiger partial charge in [0.05, 0.1) is 5.60 Å². The van der Waals surface area contributed by atoms with Crippen LogP contribution in [0.4, 0.5) is 8.78 Å². The Morgan fingerprint density at radius 1 is 1.17 bits per heavy atom. The highest BCUT2D eigenvalue weighted by molar-refractivity contribution is 6.30. The summed E-state index contributed by atoms with van der Waals surface area (Å²) in [4.78, 5) is 12.4. The molecule has 0 spiro atoms. The summed E-state index contributed by atoms with van der Waals surface area (Å²) in [7, 11) is 0. The van der Waals surface area contributed by atoms with Crippen LogP contribution in [0.1, 0.15) is 41.0 Å². The molecule has 0 amide bonds. The molecular formula is C29H28ClF2NO2. The fourth-order valence-corrected chi connectivity index (χ4v) is 5.29. The predicted molar refractivity (Wildman–Crippen MR) is 135 cm³/mol. The molecule has 0 aromatic heterocycles. The number of piperidine rings is 1. The van der Waals surface area contributed by atoms with Crippen molar-refractivity contribution < 1.29 is 18.7 Å². The van der Waals surface area contributed by atoms with Crippen LogP contribution < -0.4 is 5.32 Å². The molecule has 1 fully saturated rings. The van der Waals surface area contributed by atoms with Crippen molar-refractivity contribution in [2.45, 2.75) is 43.7 Å². The van der Waals surface area contributed by atoms with Gasteiger partial charge < -0.3 is 10.4 Å². The number of aryl methyl sites for hydroxylation is 1. The molecule has 4 rings (SSSR count). The van der Waals surface area contributed by atoms with Crippen LogP contribution in [0.25, 0.3) is 6.08 Å². The van der Waals surface area contributed by atoms with Gasteiger partial charge in [-0.15, -0.1) is 0 Å². The molecule has 182 valence electrons. The number of aliphatic hydroxyl groups is 1. The molecule has 3 aromatic rings. The van der Waals surface area contributed by atoms with Crippen molar-refractivity contribution in [1.82, 2.24) is 5.32 Å². The maximum absolute atomic E-state index is 14.3. The molecule has 6 heteroatoms. The lowest BCUT2D eigenvalue weighted by Gasteiger charge is -2.43. The molecule has 1 aliphatic heterocycles. The van der Waals surface area contributed by atoms with Crippen LogP contribution in [0.15, 0.2) is 72.3 Å². The molecule has 35 heavy (non-hydrogen) atoms. The molecule has 0 radical (unpaired) electrons. The van der Waals surface area contributed by atoms with Gasteiger partial charge >= 0.3 is 0 Å². The molecule has 3 aromatic carbocycles. The van der Waals surface area contributed by atoms with E-state index in [4.69, 9.17) is 11.6 Å². The van der Waals surface area contributed by atoms with E-state index >= 15 is 0 Å². The van der Waals surface area contributed by atoms with Crippen molar-refractivity contribution in [2.75, 3.05) is 6.54 Å². The van der Waals surface area contributed by atoms with Gasteiger partial charge in [-0.25, -0.2) is 8.78 Å². The van der Waals surface area contributed by atoms with Gasteiger partial charge in [0, 0.05) is 28.6 Å². The normalized spacial score (nSPS) is 21.5. The highest BCUT2D eigenvalue weighted by Crippen LogP contribution is 2.42. The monoisotopic (exact) mass is 495 g/mol. The van der Waals surface area contributed by atoms with Gasteiger partial charge in [-0.1, -0.05) is 59.6 Å². The minimum Gasteiger partial charge on any atom is -0.389 e. The van der Waals surface area contributed by atoms with Crippen LogP contribution >= 0.6 is 11.6 Å². The van der Waals surface area contributed by atoms with Crippen LogP contribution in [-0.4, -0.2) is 29.6 Å². The summed E-state index contributed by atoms with van der Waals surface area (Å²) in [6.07, 6.45) is 3.56. The number of benzene rings is 3. The minimum atomic E-state index is -1.28. The van der Waals surface area contributed by atoms with E-state index < -0.39 is 23.2 Å². The van der Waals surface area contributed by atoms with Gasteiger partial charge in [0.1, 0.15) is 17.9 Å². The zero-order chi connectivity index (χ0) is 25.0. The number of carbonyl (C=O) groups is 1. The summed E-state index contributed by atoms with van der Waals surface area (Å²) < 4.78 is 27.7. The van der Waals surface area contributed by atoms with E-state index in [2.05, 4.69) is 5.32 Å². The smallest absolute Gasteiger partial charge is 0.146 e. The van der Waals surface area contributed by atoms with Crippen molar-refractivity contribution in [3.05, 3.63) is 111 Å². The summed E-state index contributed by atoms with van der Waals surface area (Å²) in [5.41, 5.74) is 2.19. The molecule has 0 aliphatic carbocycles. The number of hydrogen-bond donors (Lipinski definition) is 2. The van der Waals surface area contributed by atoms with E-state index in [0.717, 1.165) is 29.0 Å². The van der Waals surface area contributed by atoms with Crippen LogP contribution in [0.2, 0.25) is 5.02 Å². The summed E-state index contributed by atoms with van der Waals surface area (Å²) in [6.45, 7) is 2.46. The molecule has 1 heterocycles. The van der Waals surface area contributed by atoms with E-state index in [-0.39, 0.29) is 18.9 Å². The fraction of sp³-hybridized carbons (Fsp3) is 0.276. The second-order valence-electron chi connectivity index (χ2n) is 9.31. The third-order valence-electron chi connectivity index (χ3n) is 6.64. The van der Waals surface area contributed by atoms with Crippen molar-refractivity contribution in [3.63, 3.8) is 0 Å². The van der Waals surface area contributed by atoms with E-state index in [1.165, 1.54) is 12.1 Å². The van der Waals surface area contributed by atoms with E-state index in [1.807, 2.05) is 37.3 Å². The Kier molecular flexibility index (Phi) is 7.80. The lowest BCUT2D eigenvalue weighted by molar-refractivity contribution is -0.106. The molecule has 1 saturated heterocycles. The number of carbonyl (C=O) groups excluding carboxylic acids is 1. The van der Waals surface area contributed by atoms with Gasteiger partial charge in [-0.2, -0.15) is 0 Å². The van der Waals surface area contributed by atoms with Gasteiger partial charge in [0.25, 0.3) is 0 Å². The first kappa shape index (κ1) is 25.2. The topological polar surface area (TPSA) is 49.3 Å². The number of rotatable bonds is 7. The number of aldehydes is 1. The van der Waals surface area contributed by atoms with E-state index in [0.29, 0.717) is 29.1 Å². The second kappa shape index (κ2) is 10.8. The van der Waals surface area contributed by atoms with Gasteiger partial charge in [0.15, 0.2) is 0 Å². The first-order valence-electron chi connectivity index (χ1n) is 11.7. The predicted octanol–water partition coefficient (Wildman–Crippen LogP) is 6.02. The first-order valence-corrected chi connectivity index (χ1v) is 12.0. The maximum atomic E-state index is 14.3. The van der Waals surface area contributed by atoms with Crippen LogP contribution in [-0.2, 0) is 11.2 Å². The summed E-state index contributed by atoms with van der Waals surface area (Å²) in [5, 5.41) is 15.9. The number of hydrogen-bond acceptors (Lipinski definition) is 3. The van der Waals surface area contributed by atoms with E-state index in [1.54, 1.807) is 24.3 Å². The van der Waals surface area contributed by atoms with Crippen LogP contribution in [0, 0.1) is 18.6 Å². The molecule has 3 unspecified atom stereocenters. The van der Waals surface area contributed by atoms with Crippen LogP contribution in [0.5, 0.6) is 0 Å². The Morgan fingerprint density at radius 3 is 2.69 bits per heavy atom. The standard InChI is InChI=1S/C29H28ClF2NO2/c1-19-4-2-5-20(12-19)13-23(18-34)28(22-6-3-7-24(30)14-22)29(35)10-11-33-26(17-29)15-21-8-9-25(31)16-27(21)32/h2-9,12-14,16,18,26,28,33,35H,10-11,15,17H2,1H3/b23-13+. The Labute approximate surface area is 209 Å². The largest absolute Gasteiger partial charge is 0.389 e. The third-order valence-corrected chi connectivity index (χ3v) is 6.87. The second-order valence-corrected chi connectivity index (χ2v) is 9.75. The Bertz CT molecular complexity index is 1240. The summed E-state index contributed by atoms with van der Waals surface area (Å²) in [6, 6.07) is 18.2. The average molecular weight is 496 g/mol. The van der Waals surface area contributed by atoms with Crippen LogP contribution in [0.3, 0.4) is 0 Å². The van der Waals surface area contributed by atoms with E-state index in [9.17, 15) is 18.7 Å².